The highest BCUT2D eigenvalue weighted by Gasteiger charge is 2.58. The summed E-state index contributed by atoms with van der Waals surface area (Å²) in [6.07, 6.45) is -8.41. The highest BCUT2D eigenvalue weighted by atomic mass is 31.2. The number of nitrogen functional groups attached to an aromatic ring is 1. The molecule has 23 heteroatoms. The summed E-state index contributed by atoms with van der Waals surface area (Å²) in [5, 5.41) is 0. The summed E-state index contributed by atoms with van der Waals surface area (Å²) in [5.74, 6) is 0.000138. The SMILES string of the molecule is Nc1ncnc2c1ncn2C1OC2COP(=O)(O)[C@@H]3C(COP(=O)(O)O[C@H]2[C@H]1F)OC(n1cnc2c(=O)[nH]cnc21)[C@@H]3F. The Morgan fingerprint density at radius 1 is 0.907 bits per heavy atom. The Bertz CT molecular complexity index is 1870. The molecule has 6 unspecified atom stereocenters. The van der Waals surface area contributed by atoms with Crippen LogP contribution < -0.4 is 11.3 Å². The van der Waals surface area contributed by atoms with Crippen molar-refractivity contribution in [1.29, 1.82) is 0 Å². The molecule has 3 aliphatic rings. The molecule has 7 heterocycles. The number of nitrogens with two attached hydrogens (primary N) is 1. The Morgan fingerprint density at radius 3 is 2.33 bits per heavy atom. The fourth-order valence-corrected chi connectivity index (χ4v) is 7.93. The number of ether oxygens (including phenoxy) is 2. The largest absolute Gasteiger partial charge is 0.472 e. The third kappa shape index (κ3) is 4.68. The van der Waals surface area contributed by atoms with E-state index in [1.54, 1.807) is 0 Å². The third-order valence-corrected chi connectivity index (χ3v) is 10.2. The molecule has 0 aliphatic carbocycles. The number of anilines is 1. The van der Waals surface area contributed by atoms with Crippen LogP contribution in [0.4, 0.5) is 14.6 Å². The van der Waals surface area contributed by atoms with Crippen LogP contribution in [0.1, 0.15) is 12.5 Å². The van der Waals surface area contributed by atoms with Crippen LogP contribution in [0, 0.1) is 0 Å². The van der Waals surface area contributed by atoms with Gasteiger partial charge in [-0.25, -0.2) is 38.3 Å². The standard InChI is InChI=1S/C20H21F2N9O10P2/c21-9-13-7(39-19(9)30-5-28-11-15(23)24-3-25-16(11)30)1-37-42(33,34)14-8(2-38-43(35,36)41-13)40-20(10(14)22)31-6-29-12-17(31)26-4-27-18(12)32/h3-10,13-14,19-20H,1-2H2,(H,33,34)(H,35,36)(H2,23,24,25)(H,26,27,32)/t7?,8?,9-,10-,13-,14-,19?,20?/m1/s1. The van der Waals surface area contributed by atoms with Crippen molar-refractivity contribution >= 4 is 43.6 Å². The summed E-state index contributed by atoms with van der Waals surface area (Å²) < 4.78 is 87.0. The van der Waals surface area contributed by atoms with Gasteiger partial charge < -0.3 is 34.5 Å². The minimum absolute atomic E-state index is 0.000138. The van der Waals surface area contributed by atoms with Gasteiger partial charge in [0.1, 0.15) is 35.8 Å². The van der Waals surface area contributed by atoms with Crippen molar-refractivity contribution in [2.45, 2.75) is 48.8 Å². The smallest absolute Gasteiger partial charge is 0.382 e. The second-order valence-electron chi connectivity index (χ2n) is 9.84. The summed E-state index contributed by atoms with van der Waals surface area (Å²) in [6, 6.07) is 0. The highest BCUT2D eigenvalue weighted by molar-refractivity contribution is 7.53. The van der Waals surface area contributed by atoms with Crippen LogP contribution in [-0.2, 0) is 32.2 Å². The quantitative estimate of drug-likeness (QED) is 0.210. The second-order valence-corrected chi connectivity index (χ2v) is 13.2. The van der Waals surface area contributed by atoms with E-state index in [0.717, 1.165) is 34.4 Å². The molecule has 0 saturated carbocycles. The van der Waals surface area contributed by atoms with E-state index in [2.05, 4.69) is 29.9 Å². The molecule has 19 nitrogen and oxygen atoms in total. The normalized spacial score (nSPS) is 38.6. The summed E-state index contributed by atoms with van der Waals surface area (Å²) in [7, 11) is -10.1. The Labute approximate surface area is 237 Å². The molecule has 3 saturated heterocycles. The van der Waals surface area contributed by atoms with Gasteiger partial charge in [-0.1, -0.05) is 0 Å². The van der Waals surface area contributed by atoms with E-state index in [4.69, 9.17) is 28.8 Å². The molecule has 3 fully saturated rings. The minimum atomic E-state index is -5.12. The number of hydrogen-bond acceptors (Lipinski definition) is 14. The van der Waals surface area contributed by atoms with Gasteiger partial charge in [-0.2, -0.15) is 0 Å². The lowest BCUT2D eigenvalue weighted by Crippen LogP contribution is -2.34. The maximum Gasteiger partial charge on any atom is 0.472 e. The fourth-order valence-electron chi connectivity index (χ4n) is 5.36. The van der Waals surface area contributed by atoms with Gasteiger partial charge in [0.2, 0.25) is 0 Å². The maximum absolute atomic E-state index is 16.0. The van der Waals surface area contributed by atoms with Crippen LogP contribution in [0.2, 0.25) is 0 Å². The zero-order chi connectivity index (χ0) is 30.3. The van der Waals surface area contributed by atoms with Crippen molar-refractivity contribution < 1.29 is 50.7 Å². The van der Waals surface area contributed by atoms with E-state index < -0.39 is 83.0 Å². The minimum Gasteiger partial charge on any atom is -0.382 e. The van der Waals surface area contributed by atoms with Gasteiger partial charge in [-0.3, -0.25) is 27.5 Å². The molecule has 43 heavy (non-hydrogen) atoms. The predicted octanol–water partition coefficient (Wildman–Crippen LogP) is 0.0991. The van der Waals surface area contributed by atoms with E-state index >= 15 is 8.78 Å². The first kappa shape index (κ1) is 28.5. The summed E-state index contributed by atoms with van der Waals surface area (Å²) >= 11 is 0. The van der Waals surface area contributed by atoms with E-state index in [9.17, 15) is 23.7 Å². The van der Waals surface area contributed by atoms with Crippen LogP contribution >= 0.6 is 15.4 Å². The Kier molecular flexibility index (Phi) is 6.73. The predicted molar refractivity (Wildman–Crippen MR) is 136 cm³/mol. The number of rotatable bonds is 2. The molecule has 4 aromatic heterocycles. The molecule has 5 N–H and O–H groups in total. The van der Waals surface area contributed by atoms with E-state index in [1.807, 2.05) is 0 Å². The number of hydrogen-bond donors (Lipinski definition) is 4. The molecule has 0 radical (unpaired) electrons. The lowest BCUT2D eigenvalue weighted by Gasteiger charge is -2.24. The molecule has 4 aromatic rings. The lowest BCUT2D eigenvalue weighted by molar-refractivity contribution is -0.0460. The molecule has 7 rings (SSSR count). The average molecular weight is 647 g/mol. The van der Waals surface area contributed by atoms with E-state index in [-0.39, 0.29) is 28.1 Å². The van der Waals surface area contributed by atoms with Gasteiger partial charge in [0.15, 0.2) is 47.4 Å². The van der Waals surface area contributed by atoms with Crippen molar-refractivity contribution in [3.8, 4) is 0 Å². The van der Waals surface area contributed by atoms with Crippen molar-refractivity contribution in [1.82, 2.24) is 39.0 Å². The molecule has 0 aromatic carbocycles. The van der Waals surface area contributed by atoms with E-state index in [0.29, 0.717) is 0 Å². The lowest BCUT2D eigenvalue weighted by atomic mass is 10.1. The van der Waals surface area contributed by atoms with Gasteiger partial charge in [0, 0.05) is 0 Å². The first-order valence-corrected chi connectivity index (χ1v) is 15.6. The van der Waals surface area contributed by atoms with Crippen molar-refractivity contribution in [3.05, 3.63) is 35.7 Å². The summed E-state index contributed by atoms with van der Waals surface area (Å²) in [5.41, 5.74) is 3.14. The molecule has 230 valence electrons. The first-order chi connectivity index (χ1) is 20.4. The van der Waals surface area contributed by atoms with Gasteiger partial charge in [-0.05, 0) is 0 Å². The second kappa shape index (κ2) is 10.1. The molecule has 10 atom stereocenters. The molecule has 3 aliphatic heterocycles. The van der Waals surface area contributed by atoms with Gasteiger partial charge in [-0.15, -0.1) is 0 Å². The number of H-pyrrole nitrogens is 1. The average Bonchev–Trinajstić information content (AvgIpc) is 3.71. The van der Waals surface area contributed by atoms with Crippen LogP contribution in [0.15, 0.2) is 30.1 Å². The summed E-state index contributed by atoms with van der Waals surface area (Å²) in [4.78, 5) is 55.5. The number of phosphoric ester groups is 1. The topological polar surface area (TPSA) is 254 Å². The number of aromatic amines is 1. The van der Waals surface area contributed by atoms with E-state index in [1.165, 1.54) is 0 Å². The number of nitrogens with one attached hydrogen (secondary N) is 1. The number of aromatic nitrogens is 8. The Morgan fingerprint density at radius 2 is 1.56 bits per heavy atom. The summed E-state index contributed by atoms with van der Waals surface area (Å²) in [6.45, 7) is -1.81. The zero-order valence-electron chi connectivity index (χ0n) is 21.4. The molecule has 0 amide bonds. The third-order valence-electron chi connectivity index (χ3n) is 7.32. The molecule has 0 bridgehead atoms. The van der Waals surface area contributed by atoms with Crippen molar-refractivity contribution in [2.75, 3.05) is 18.9 Å². The molecular formula is C20H21F2N9O10P2. The van der Waals surface area contributed by atoms with Crippen LogP contribution in [-0.4, -0.2) is 98.4 Å². The number of nitrogens with zero attached hydrogens (tertiary/aromatic N) is 7. The monoisotopic (exact) mass is 647 g/mol. The van der Waals surface area contributed by atoms with Crippen LogP contribution in [0.25, 0.3) is 22.3 Å². The van der Waals surface area contributed by atoms with Crippen molar-refractivity contribution in [3.63, 3.8) is 0 Å². The Hall–Kier alpha value is -3.26. The first-order valence-electron chi connectivity index (χ1n) is 12.5. The maximum atomic E-state index is 16.0. The van der Waals surface area contributed by atoms with Crippen LogP contribution in [0.3, 0.4) is 0 Å². The zero-order valence-corrected chi connectivity index (χ0v) is 23.1. The number of alkyl halides is 2. The van der Waals surface area contributed by atoms with Gasteiger partial charge >= 0.3 is 15.4 Å². The number of fused-ring (bicyclic) bond motifs is 4. The number of imidazole rings is 2. The van der Waals surface area contributed by atoms with Crippen LogP contribution in [0.5, 0.6) is 0 Å². The molecule has 0 spiro atoms. The number of halogens is 2. The molecular weight excluding hydrogens is 626 g/mol. The van der Waals surface area contributed by atoms with Gasteiger partial charge in [0.05, 0.1) is 32.2 Å². The highest BCUT2D eigenvalue weighted by Crippen LogP contribution is 2.59. The van der Waals surface area contributed by atoms with Gasteiger partial charge in [0.25, 0.3) is 5.56 Å². The fraction of sp³-hybridized carbons (Fsp3) is 0.500. The van der Waals surface area contributed by atoms with Crippen molar-refractivity contribution in [2.24, 2.45) is 0 Å². The Balaban J connectivity index is 1.20. The number of phosphoric acid groups is 1.